The molecule has 1 unspecified atom stereocenters. The number of carbonyl (C=O) groups excluding carboxylic acids is 2. The lowest BCUT2D eigenvalue weighted by molar-refractivity contribution is -0.133. The molecule has 1 saturated heterocycles. The van der Waals surface area contributed by atoms with Gasteiger partial charge in [-0.15, -0.1) is 0 Å². The Labute approximate surface area is 178 Å². The van der Waals surface area contributed by atoms with Crippen molar-refractivity contribution in [2.45, 2.75) is 31.8 Å². The van der Waals surface area contributed by atoms with E-state index in [2.05, 4.69) is 25.6 Å². The number of hydrogen-bond acceptors (Lipinski definition) is 8. The number of nitrogens with one attached hydrogen (secondary N) is 2. The first-order chi connectivity index (χ1) is 14.8. The molecule has 2 amide bonds. The van der Waals surface area contributed by atoms with Gasteiger partial charge in [0.1, 0.15) is 17.3 Å². The molecule has 1 aromatic carbocycles. The predicted octanol–water partition coefficient (Wildman–Crippen LogP) is 0.262. The van der Waals surface area contributed by atoms with Gasteiger partial charge in [-0.1, -0.05) is 0 Å². The minimum absolute atomic E-state index is 0.0283. The van der Waals surface area contributed by atoms with Crippen molar-refractivity contribution < 1.29 is 22.7 Å². The van der Waals surface area contributed by atoms with Crippen molar-refractivity contribution in [1.29, 1.82) is 0 Å². The fraction of sp³-hybridized carbons (Fsp3) is 0.421. The average molecular weight is 446 g/mol. The minimum Gasteiger partial charge on any atom is -0.497 e. The molecule has 0 radical (unpaired) electrons. The van der Waals surface area contributed by atoms with E-state index in [9.17, 15) is 18.0 Å². The Kier molecular flexibility index (Phi) is 5.72. The summed E-state index contributed by atoms with van der Waals surface area (Å²) in [4.78, 5) is 29.1. The molecule has 11 nitrogen and oxygen atoms in total. The molecule has 1 fully saturated rings. The van der Waals surface area contributed by atoms with Crippen LogP contribution in [0.1, 0.15) is 25.1 Å². The quantitative estimate of drug-likeness (QED) is 0.647. The average Bonchev–Trinajstić information content (AvgIpc) is 3.38. The zero-order valence-corrected chi connectivity index (χ0v) is 17.7. The largest absolute Gasteiger partial charge is 0.497 e. The molecular weight excluding hydrogens is 424 g/mol. The molecule has 0 bridgehead atoms. The number of carbonyl (C=O) groups is 2. The molecule has 2 aromatic rings. The summed E-state index contributed by atoms with van der Waals surface area (Å²) in [7, 11) is -1.58. The van der Waals surface area contributed by atoms with Crippen LogP contribution in [0, 0.1) is 0 Å². The molecule has 0 aliphatic carbocycles. The van der Waals surface area contributed by atoms with Crippen LogP contribution in [0.15, 0.2) is 29.4 Å². The molecule has 31 heavy (non-hydrogen) atoms. The van der Waals surface area contributed by atoms with Gasteiger partial charge < -0.3 is 10.1 Å². The first kappa shape index (κ1) is 21.0. The van der Waals surface area contributed by atoms with Gasteiger partial charge in [0, 0.05) is 18.4 Å². The normalized spacial score (nSPS) is 20.4. The van der Waals surface area contributed by atoms with Crippen molar-refractivity contribution in [2.75, 3.05) is 18.6 Å². The van der Waals surface area contributed by atoms with Crippen LogP contribution in [0.2, 0.25) is 0 Å². The second-order valence-corrected chi connectivity index (χ2v) is 9.59. The molecular formula is C19H22N6O5S. The zero-order valence-electron chi connectivity index (χ0n) is 16.9. The summed E-state index contributed by atoms with van der Waals surface area (Å²) >= 11 is 0. The van der Waals surface area contributed by atoms with Gasteiger partial charge in [-0.05, 0) is 30.7 Å². The molecule has 0 saturated carbocycles. The second kappa shape index (κ2) is 8.46. The van der Waals surface area contributed by atoms with Crippen molar-refractivity contribution in [2.24, 2.45) is 5.10 Å². The van der Waals surface area contributed by atoms with E-state index in [-0.39, 0.29) is 42.5 Å². The summed E-state index contributed by atoms with van der Waals surface area (Å²) in [6.45, 7) is 0.104. The number of hydrogen-bond donors (Lipinski definition) is 2. The third-order valence-electron chi connectivity index (χ3n) is 5.17. The Hall–Kier alpha value is -3.28. The van der Waals surface area contributed by atoms with Crippen LogP contribution in [0.25, 0.3) is 11.4 Å². The fourth-order valence-corrected chi connectivity index (χ4v) is 5.19. The minimum atomic E-state index is -3.17. The maximum atomic E-state index is 12.5. The van der Waals surface area contributed by atoms with Crippen LogP contribution in [0.5, 0.6) is 5.75 Å². The topological polar surface area (TPSA) is 147 Å². The van der Waals surface area contributed by atoms with E-state index < -0.39 is 21.8 Å². The SMILES string of the molecule is COc1ccc(-c2n[nH]c(CNC(=O)C3=NN(C4CCS(=O)(=O)C4)C(=O)CC3)n2)cc1. The molecule has 2 N–H and O–H groups in total. The zero-order chi connectivity index (χ0) is 22.0. The van der Waals surface area contributed by atoms with Crippen LogP contribution >= 0.6 is 0 Å². The molecule has 12 heteroatoms. The van der Waals surface area contributed by atoms with Crippen molar-refractivity contribution >= 4 is 27.4 Å². The van der Waals surface area contributed by atoms with Gasteiger partial charge in [0.25, 0.3) is 5.91 Å². The smallest absolute Gasteiger partial charge is 0.267 e. The van der Waals surface area contributed by atoms with Gasteiger partial charge in [0.2, 0.25) is 5.91 Å². The summed E-state index contributed by atoms with van der Waals surface area (Å²) in [5.41, 5.74) is 0.991. The van der Waals surface area contributed by atoms with Crippen LogP contribution in [-0.2, 0) is 26.0 Å². The molecule has 1 atom stereocenters. The lowest BCUT2D eigenvalue weighted by Crippen LogP contribution is -2.43. The third-order valence-corrected chi connectivity index (χ3v) is 6.92. The van der Waals surface area contributed by atoms with E-state index >= 15 is 0 Å². The van der Waals surface area contributed by atoms with E-state index in [1.165, 1.54) is 5.01 Å². The lowest BCUT2D eigenvalue weighted by Gasteiger charge is -2.27. The Bertz CT molecular complexity index is 1120. The molecule has 4 rings (SSSR count). The van der Waals surface area contributed by atoms with Crippen molar-refractivity contribution in [3.63, 3.8) is 0 Å². The molecule has 2 aliphatic rings. The van der Waals surface area contributed by atoms with E-state index in [1.54, 1.807) is 19.2 Å². The number of amides is 2. The Balaban J connectivity index is 1.38. The maximum Gasteiger partial charge on any atom is 0.267 e. The highest BCUT2D eigenvalue weighted by molar-refractivity contribution is 7.91. The number of benzene rings is 1. The number of H-pyrrole nitrogens is 1. The third kappa shape index (κ3) is 4.74. The lowest BCUT2D eigenvalue weighted by atomic mass is 10.1. The number of aromatic amines is 1. The van der Waals surface area contributed by atoms with Gasteiger partial charge in [0.05, 0.1) is 31.2 Å². The van der Waals surface area contributed by atoms with Crippen LogP contribution in [0.4, 0.5) is 0 Å². The summed E-state index contributed by atoms with van der Waals surface area (Å²) in [6.07, 6.45) is 0.652. The second-order valence-electron chi connectivity index (χ2n) is 7.36. The number of hydrazone groups is 1. The maximum absolute atomic E-state index is 12.5. The van der Waals surface area contributed by atoms with E-state index in [0.29, 0.717) is 18.1 Å². The van der Waals surface area contributed by atoms with Crippen LogP contribution in [-0.4, -0.2) is 70.8 Å². The predicted molar refractivity (Wildman–Crippen MR) is 111 cm³/mol. The standard InChI is InChI=1S/C19H22N6O5S/c1-30-14-4-2-12(3-5-14)18-21-16(22-23-18)10-20-19(27)15-6-7-17(26)25(24-15)13-8-9-31(28,29)11-13/h2-5,13H,6-11H2,1H3,(H,20,27)(H,21,22,23). The Morgan fingerprint density at radius 3 is 2.74 bits per heavy atom. The van der Waals surface area contributed by atoms with Gasteiger partial charge in [-0.25, -0.2) is 18.4 Å². The number of nitrogens with zero attached hydrogens (tertiary/aromatic N) is 4. The van der Waals surface area contributed by atoms with Gasteiger partial charge in [-0.2, -0.15) is 10.2 Å². The number of aromatic nitrogens is 3. The molecule has 2 aliphatic heterocycles. The van der Waals surface area contributed by atoms with Crippen LogP contribution < -0.4 is 10.1 Å². The monoisotopic (exact) mass is 446 g/mol. The first-order valence-corrected chi connectivity index (χ1v) is 11.6. The first-order valence-electron chi connectivity index (χ1n) is 9.78. The number of ether oxygens (including phenoxy) is 1. The summed E-state index contributed by atoms with van der Waals surface area (Å²) < 4.78 is 28.6. The molecule has 1 aromatic heterocycles. The number of rotatable bonds is 6. The fourth-order valence-electron chi connectivity index (χ4n) is 3.50. The molecule has 3 heterocycles. The molecule has 164 valence electrons. The highest BCUT2D eigenvalue weighted by Crippen LogP contribution is 2.22. The van der Waals surface area contributed by atoms with Crippen molar-refractivity contribution in [3.05, 3.63) is 30.1 Å². The highest BCUT2D eigenvalue weighted by Gasteiger charge is 2.37. The Morgan fingerprint density at radius 1 is 1.29 bits per heavy atom. The Morgan fingerprint density at radius 2 is 2.06 bits per heavy atom. The van der Waals surface area contributed by atoms with E-state index in [1.807, 2.05) is 12.1 Å². The summed E-state index contributed by atoms with van der Waals surface area (Å²) in [5.74, 6) is 0.886. The number of methoxy groups -OCH3 is 1. The van der Waals surface area contributed by atoms with Gasteiger partial charge in [0.15, 0.2) is 15.7 Å². The number of sulfone groups is 1. The van der Waals surface area contributed by atoms with Crippen LogP contribution in [0.3, 0.4) is 0 Å². The van der Waals surface area contributed by atoms with Gasteiger partial charge in [-0.3, -0.25) is 14.7 Å². The van der Waals surface area contributed by atoms with Crippen molar-refractivity contribution in [1.82, 2.24) is 25.5 Å². The van der Waals surface area contributed by atoms with E-state index in [4.69, 9.17) is 4.74 Å². The van der Waals surface area contributed by atoms with Crippen molar-refractivity contribution in [3.8, 4) is 17.1 Å². The van der Waals surface area contributed by atoms with E-state index in [0.717, 1.165) is 11.3 Å². The summed E-state index contributed by atoms with van der Waals surface area (Å²) in [6, 6.07) is 6.75. The van der Waals surface area contributed by atoms with Gasteiger partial charge >= 0.3 is 0 Å². The highest BCUT2D eigenvalue weighted by atomic mass is 32.2. The summed E-state index contributed by atoms with van der Waals surface area (Å²) in [5, 5.41) is 15.0. The molecule has 0 spiro atoms.